The van der Waals surface area contributed by atoms with Gasteiger partial charge >= 0.3 is 0 Å². The van der Waals surface area contributed by atoms with Crippen molar-refractivity contribution in [3.05, 3.63) is 34.9 Å². The molecular formula is C12H18F2N2. The summed E-state index contributed by atoms with van der Waals surface area (Å²) in [6.07, 6.45) is -2.35. The summed E-state index contributed by atoms with van der Waals surface area (Å²) in [5.41, 5.74) is 8.82. The quantitative estimate of drug-likeness (QED) is 0.810. The molecule has 1 rings (SSSR count). The summed E-state index contributed by atoms with van der Waals surface area (Å²) in [5, 5.41) is 2.79. The number of rotatable bonds is 5. The Labute approximate surface area is 94.8 Å². The van der Waals surface area contributed by atoms with Gasteiger partial charge in [-0.05, 0) is 30.5 Å². The number of hydrogen-bond acceptors (Lipinski definition) is 2. The number of alkyl halides is 2. The van der Waals surface area contributed by atoms with Gasteiger partial charge < -0.3 is 11.1 Å². The number of hydrogen-bond donors (Lipinski definition) is 2. The minimum Gasteiger partial charge on any atom is -0.329 e. The molecular weight excluding hydrogens is 210 g/mol. The number of halogens is 2. The molecule has 0 spiro atoms. The van der Waals surface area contributed by atoms with E-state index >= 15 is 0 Å². The van der Waals surface area contributed by atoms with Gasteiger partial charge in [0.1, 0.15) is 0 Å². The fraction of sp³-hybridized carbons (Fsp3) is 0.500. The maximum absolute atomic E-state index is 12.1. The minimum absolute atomic E-state index is 0.199. The SMILES string of the molecule is Cc1cccc(C)c1C(CN)NCC(F)F. The van der Waals surface area contributed by atoms with E-state index in [1.54, 1.807) is 0 Å². The summed E-state index contributed by atoms with van der Waals surface area (Å²) in [6, 6.07) is 5.69. The monoisotopic (exact) mass is 228 g/mol. The molecule has 1 unspecified atom stereocenters. The van der Waals surface area contributed by atoms with Gasteiger partial charge in [0.25, 0.3) is 6.43 Å². The molecule has 0 aliphatic heterocycles. The van der Waals surface area contributed by atoms with Crippen molar-refractivity contribution in [3.63, 3.8) is 0 Å². The Morgan fingerprint density at radius 1 is 1.25 bits per heavy atom. The van der Waals surface area contributed by atoms with Crippen molar-refractivity contribution in [1.82, 2.24) is 5.32 Å². The fourth-order valence-corrected chi connectivity index (χ4v) is 1.91. The molecule has 1 aromatic carbocycles. The zero-order valence-corrected chi connectivity index (χ0v) is 9.63. The van der Waals surface area contributed by atoms with Crippen molar-refractivity contribution in [2.45, 2.75) is 26.3 Å². The molecule has 0 aliphatic rings. The van der Waals surface area contributed by atoms with E-state index in [4.69, 9.17) is 5.73 Å². The molecule has 0 bridgehead atoms. The lowest BCUT2D eigenvalue weighted by Crippen LogP contribution is -2.32. The highest BCUT2D eigenvalue weighted by Crippen LogP contribution is 2.21. The topological polar surface area (TPSA) is 38.0 Å². The second kappa shape index (κ2) is 5.92. The predicted molar refractivity (Wildman–Crippen MR) is 61.7 cm³/mol. The van der Waals surface area contributed by atoms with Gasteiger partial charge in [-0.2, -0.15) is 0 Å². The first kappa shape index (κ1) is 13.1. The van der Waals surface area contributed by atoms with Gasteiger partial charge in [0.2, 0.25) is 0 Å². The molecule has 0 heterocycles. The smallest absolute Gasteiger partial charge is 0.250 e. The first-order chi connectivity index (χ1) is 7.56. The van der Waals surface area contributed by atoms with E-state index in [-0.39, 0.29) is 12.6 Å². The predicted octanol–water partition coefficient (Wildman–Crippen LogP) is 2.16. The van der Waals surface area contributed by atoms with Gasteiger partial charge in [-0.1, -0.05) is 18.2 Å². The molecule has 0 amide bonds. The second-order valence-electron chi connectivity index (χ2n) is 3.89. The van der Waals surface area contributed by atoms with E-state index in [1.807, 2.05) is 32.0 Å². The van der Waals surface area contributed by atoms with E-state index in [1.165, 1.54) is 0 Å². The van der Waals surface area contributed by atoms with E-state index in [2.05, 4.69) is 5.32 Å². The van der Waals surface area contributed by atoms with Gasteiger partial charge in [0, 0.05) is 12.6 Å². The van der Waals surface area contributed by atoms with Crippen molar-refractivity contribution in [3.8, 4) is 0 Å². The van der Waals surface area contributed by atoms with Crippen LogP contribution >= 0.6 is 0 Å². The van der Waals surface area contributed by atoms with Crippen LogP contribution in [0.25, 0.3) is 0 Å². The van der Waals surface area contributed by atoms with E-state index in [0.717, 1.165) is 16.7 Å². The van der Waals surface area contributed by atoms with Crippen LogP contribution in [0.2, 0.25) is 0 Å². The molecule has 0 saturated carbocycles. The molecule has 1 aromatic rings. The van der Waals surface area contributed by atoms with Gasteiger partial charge in [-0.25, -0.2) is 8.78 Å². The van der Waals surface area contributed by atoms with Crippen molar-refractivity contribution < 1.29 is 8.78 Å². The highest BCUT2D eigenvalue weighted by molar-refractivity contribution is 5.36. The third-order valence-electron chi connectivity index (χ3n) is 2.64. The van der Waals surface area contributed by atoms with Crippen LogP contribution in [0.3, 0.4) is 0 Å². The number of benzene rings is 1. The molecule has 0 radical (unpaired) electrons. The van der Waals surface area contributed by atoms with Crippen LogP contribution in [-0.2, 0) is 0 Å². The highest BCUT2D eigenvalue weighted by Gasteiger charge is 2.15. The largest absolute Gasteiger partial charge is 0.329 e. The molecule has 16 heavy (non-hydrogen) atoms. The van der Waals surface area contributed by atoms with E-state index in [9.17, 15) is 8.78 Å². The second-order valence-corrected chi connectivity index (χ2v) is 3.89. The number of nitrogens with one attached hydrogen (secondary N) is 1. The van der Waals surface area contributed by atoms with Crippen LogP contribution in [0.1, 0.15) is 22.7 Å². The summed E-state index contributed by atoms with van der Waals surface area (Å²) < 4.78 is 24.3. The molecule has 1 atom stereocenters. The van der Waals surface area contributed by atoms with Crippen molar-refractivity contribution >= 4 is 0 Å². The maximum atomic E-state index is 12.1. The van der Waals surface area contributed by atoms with E-state index < -0.39 is 6.43 Å². The van der Waals surface area contributed by atoms with Gasteiger partial charge in [0.05, 0.1) is 6.54 Å². The molecule has 0 fully saturated rings. The average Bonchev–Trinajstić information content (AvgIpc) is 2.22. The Hall–Kier alpha value is -1.00. The van der Waals surface area contributed by atoms with Gasteiger partial charge in [-0.15, -0.1) is 0 Å². The number of aryl methyl sites for hydroxylation is 2. The molecule has 4 heteroatoms. The van der Waals surface area contributed by atoms with Crippen LogP contribution in [0.15, 0.2) is 18.2 Å². The van der Waals surface area contributed by atoms with Crippen LogP contribution < -0.4 is 11.1 Å². The summed E-state index contributed by atoms with van der Waals surface area (Å²) in [7, 11) is 0. The number of nitrogens with two attached hydrogens (primary N) is 1. The fourth-order valence-electron chi connectivity index (χ4n) is 1.91. The van der Waals surface area contributed by atoms with Crippen molar-refractivity contribution in [1.29, 1.82) is 0 Å². The first-order valence-corrected chi connectivity index (χ1v) is 5.34. The van der Waals surface area contributed by atoms with Gasteiger partial charge in [-0.3, -0.25) is 0 Å². The molecule has 0 aromatic heterocycles. The third kappa shape index (κ3) is 3.25. The third-order valence-corrected chi connectivity index (χ3v) is 2.64. The molecule has 0 aliphatic carbocycles. The Balaban J connectivity index is 2.86. The summed E-state index contributed by atoms with van der Waals surface area (Å²) in [4.78, 5) is 0. The molecule has 3 N–H and O–H groups in total. The zero-order chi connectivity index (χ0) is 12.1. The van der Waals surface area contributed by atoms with Crippen molar-refractivity contribution in [2.75, 3.05) is 13.1 Å². The standard InChI is InChI=1S/C12H18F2N2/c1-8-4-3-5-9(2)12(8)10(6-15)16-7-11(13)14/h3-5,10-11,16H,6-7,15H2,1-2H3. The van der Waals surface area contributed by atoms with Gasteiger partial charge in [0.15, 0.2) is 0 Å². The summed E-state index contributed by atoms with van der Waals surface area (Å²) in [5.74, 6) is 0. The van der Waals surface area contributed by atoms with E-state index in [0.29, 0.717) is 6.54 Å². The highest BCUT2D eigenvalue weighted by atomic mass is 19.3. The summed E-state index contributed by atoms with van der Waals surface area (Å²) >= 11 is 0. The molecule has 90 valence electrons. The summed E-state index contributed by atoms with van der Waals surface area (Å²) in [6.45, 7) is 3.93. The first-order valence-electron chi connectivity index (χ1n) is 5.34. The lowest BCUT2D eigenvalue weighted by Gasteiger charge is -2.21. The van der Waals surface area contributed by atoms with Crippen LogP contribution in [-0.4, -0.2) is 19.5 Å². The van der Waals surface area contributed by atoms with Crippen molar-refractivity contribution in [2.24, 2.45) is 5.73 Å². The minimum atomic E-state index is -2.35. The Bertz CT molecular complexity index is 320. The lowest BCUT2D eigenvalue weighted by atomic mass is 9.96. The van der Waals surface area contributed by atoms with Crippen LogP contribution in [0.4, 0.5) is 8.78 Å². The Morgan fingerprint density at radius 3 is 2.25 bits per heavy atom. The zero-order valence-electron chi connectivity index (χ0n) is 9.63. The average molecular weight is 228 g/mol. The lowest BCUT2D eigenvalue weighted by molar-refractivity contribution is 0.141. The molecule has 2 nitrogen and oxygen atoms in total. The van der Waals surface area contributed by atoms with Crippen LogP contribution in [0.5, 0.6) is 0 Å². The van der Waals surface area contributed by atoms with Crippen LogP contribution in [0, 0.1) is 13.8 Å². The normalized spacial score (nSPS) is 13.1. The Morgan fingerprint density at radius 2 is 1.81 bits per heavy atom. The molecule has 0 saturated heterocycles. The Kier molecular flexibility index (Phi) is 4.83. The maximum Gasteiger partial charge on any atom is 0.250 e.